The summed E-state index contributed by atoms with van der Waals surface area (Å²) in [5.41, 5.74) is 6.52. The molecule has 1 aromatic heterocycles. The third-order valence-electron chi connectivity index (χ3n) is 4.25. The topological polar surface area (TPSA) is 101 Å². The Hall–Kier alpha value is -2.45. The van der Waals surface area contributed by atoms with Gasteiger partial charge in [0.15, 0.2) is 5.96 Å². The van der Waals surface area contributed by atoms with Crippen LogP contribution in [0.4, 0.5) is 5.82 Å². The minimum absolute atomic E-state index is 0.176. The number of nitrogens with one attached hydrogen (secondary N) is 1. The van der Waals surface area contributed by atoms with E-state index < -0.39 is 10.0 Å². The van der Waals surface area contributed by atoms with E-state index in [4.69, 9.17) is 5.73 Å². The summed E-state index contributed by atoms with van der Waals surface area (Å²) >= 11 is 0. The molecule has 0 saturated carbocycles. The largest absolute Gasteiger partial charge is 0.370 e. The number of sulfonamides is 1. The normalized spacial score (nSPS) is 16.4. The van der Waals surface area contributed by atoms with Gasteiger partial charge in [-0.15, -0.1) is 0 Å². The first-order chi connectivity index (χ1) is 12.6. The zero-order valence-corrected chi connectivity index (χ0v) is 15.3. The first-order valence-corrected chi connectivity index (χ1v) is 10.1. The highest BCUT2D eigenvalue weighted by molar-refractivity contribution is 7.89. The second-order valence-corrected chi connectivity index (χ2v) is 8.02. The number of hydrogen-bond acceptors (Lipinski definition) is 4. The fraction of sp³-hybridized carbons (Fsp3) is 0.333. The number of aromatic nitrogens is 1. The molecule has 26 heavy (non-hydrogen) atoms. The molecule has 0 unspecified atom stereocenters. The molecular formula is C18H23N5O2S. The molecule has 1 aromatic carbocycles. The maximum atomic E-state index is 13.0. The van der Waals surface area contributed by atoms with Gasteiger partial charge in [0.2, 0.25) is 10.0 Å². The van der Waals surface area contributed by atoms with E-state index in [-0.39, 0.29) is 12.5 Å². The predicted molar refractivity (Wildman–Crippen MR) is 102 cm³/mol. The van der Waals surface area contributed by atoms with Crippen LogP contribution in [0.25, 0.3) is 0 Å². The summed E-state index contributed by atoms with van der Waals surface area (Å²) in [4.78, 5) is 8.69. The van der Waals surface area contributed by atoms with Crippen molar-refractivity contribution in [2.24, 2.45) is 10.7 Å². The highest BCUT2D eigenvalue weighted by Gasteiger charge is 2.27. The van der Waals surface area contributed by atoms with Gasteiger partial charge in [-0.05, 0) is 36.6 Å². The van der Waals surface area contributed by atoms with E-state index in [2.05, 4.69) is 15.3 Å². The molecule has 1 aliphatic rings. The van der Waals surface area contributed by atoms with E-state index in [0.717, 1.165) is 19.3 Å². The van der Waals surface area contributed by atoms with Gasteiger partial charge < -0.3 is 11.1 Å². The van der Waals surface area contributed by atoms with Gasteiger partial charge in [-0.2, -0.15) is 4.31 Å². The summed E-state index contributed by atoms with van der Waals surface area (Å²) in [5.74, 6) is 0.775. The van der Waals surface area contributed by atoms with Crippen LogP contribution in [-0.2, 0) is 16.6 Å². The molecule has 0 atom stereocenters. The smallest absolute Gasteiger partial charge is 0.243 e. The Balaban J connectivity index is 1.78. The monoisotopic (exact) mass is 373 g/mol. The van der Waals surface area contributed by atoms with Crippen LogP contribution in [-0.4, -0.2) is 36.8 Å². The van der Waals surface area contributed by atoms with Crippen LogP contribution in [0, 0.1) is 0 Å². The Kier molecular flexibility index (Phi) is 5.85. The molecule has 2 aromatic rings. The Bertz CT molecular complexity index is 862. The van der Waals surface area contributed by atoms with Crippen molar-refractivity contribution in [3.05, 3.63) is 54.2 Å². The van der Waals surface area contributed by atoms with Crippen LogP contribution >= 0.6 is 0 Å². The number of piperidine rings is 1. The molecule has 7 nitrogen and oxygen atoms in total. The minimum atomic E-state index is -3.51. The van der Waals surface area contributed by atoms with E-state index in [1.54, 1.807) is 40.8 Å². The number of nitrogens with two attached hydrogens (primary N) is 1. The Morgan fingerprint density at radius 2 is 1.85 bits per heavy atom. The van der Waals surface area contributed by atoms with Gasteiger partial charge in [0.25, 0.3) is 0 Å². The summed E-state index contributed by atoms with van der Waals surface area (Å²) < 4.78 is 27.5. The van der Waals surface area contributed by atoms with Gasteiger partial charge in [-0.3, -0.25) is 0 Å². The van der Waals surface area contributed by atoms with E-state index >= 15 is 0 Å². The van der Waals surface area contributed by atoms with Crippen molar-refractivity contribution in [2.45, 2.75) is 30.7 Å². The van der Waals surface area contributed by atoms with Crippen LogP contribution < -0.4 is 11.1 Å². The molecule has 0 radical (unpaired) electrons. The van der Waals surface area contributed by atoms with Gasteiger partial charge in [-0.25, -0.2) is 18.4 Å². The highest BCUT2D eigenvalue weighted by Crippen LogP contribution is 2.24. The molecule has 0 amide bonds. The molecule has 3 N–H and O–H groups in total. The van der Waals surface area contributed by atoms with Gasteiger partial charge in [0.1, 0.15) is 5.82 Å². The Morgan fingerprint density at radius 1 is 1.12 bits per heavy atom. The van der Waals surface area contributed by atoms with Crippen LogP contribution in [0.15, 0.2) is 58.5 Å². The van der Waals surface area contributed by atoms with Crippen LogP contribution in [0.3, 0.4) is 0 Å². The van der Waals surface area contributed by atoms with Gasteiger partial charge in [0.05, 0.1) is 11.4 Å². The van der Waals surface area contributed by atoms with Crippen molar-refractivity contribution in [2.75, 3.05) is 18.4 Å². The Labute approximate surface area is 154 Å². The number of nitrogens with zero attached hydrogens (tertiary/aromatic N) is 3. The van der Waals surface area contributed by atoms with Crippen LogP contribution in [0.2, 0.25) is 0 Å². The average molecular weight is 373 g/mol. The lowest BCUT2D eigenvalue weighted by molar-refractivity contribution is 0.346. The number of aliphatic imine (C=N–C) groups is 1. The third-order valence-corrected chi connectivity index (χ3v) is 6.25. The summed E-state index contributed by atoms with van der Waals surface area (Å²) in [7, 11) is -3.51. The zero-order chi connectivity index (χ0) is 18.4. The maximum absolute atomic E-state index is 13.0. The number of benzene rings is 1. The lowest BCUT2D eigenvalue weighted by Crippen LogP contribution is -2.36. The second kappa shape index (κ2) is 8.29. The fourth-order valence-corrected chi connectivity index (χ4v) is 4.64. The Morgan fingerprint density at radius 3 is 2.58 bits per heavy atom. The van der Waals surface area contributed by atoms with Crippen LogP contribution in [0.5, 0.6) is 0 Å². The summed E-state index contributed by atoms with van der Waals surface area (Å²) in [6.45, 7) is 1.32. The first-order valence-electron chi connectivity index (χ1n) is 8.63. The number of guanidine groups is 1. The summed E-state index contributed by atoms with van der Waals surface area (Å²) in [6.07, 6.45) is 4.53. The summed E-state index contributed by atoms with van der Waals surface area (Å²) in [5, 5.41) is 2.89. The van der Waals surface area contributed by atoms with E-state index in [9.17, 15) is 8.42 Å². The van der Waals surface area contributed by atoms with Crippen molar-refractivity contribution >= 4 is 21.8 Å². The van der Waals surface area contributed by atoms with E-state index in [1.807, 2.05) is 12.1 Å². The van der Waals surface area contributed by atoms with Crippen molar-refractivity contribution < 1.29 is 8.42 Å². The van der Waals surface area contributed by atoms with Gasteiger partial charge in [-0.1, -0.05) is 30.7 Å². The van der Waals surface area contributed by atoms with Gasteiger partial charge >= 0.3 is 0 Å². The zero-order valence-electron chi connectivity index (χ0n) is 14.5. The lowest BCUT2D eigenvalue weighted by Gasteiger charge is -2.26. The number of anilines is 1. The molecule has 138 valence electrons. The molecule has 0 bridgehead atoms. The highest BCUT2D eigenvalue weighted by atomic mass is 32.2. The second-order valence-electron chi connectivity index (χ2n) is 6.11. The SMILES string of the molecule is NC(=NCc1ccccc1S(=O)(=O)N1CCCCC1)Nc1ccccn1. The van der Waals surface area contributed by atoms with E-state index in [0.29, 0.717) is 29.4 Å². The molecule has 3 rings (SSSR count). The molecule has 1 fully saturated rings. The fourth-order valence-electron chi connectivity index (χ4n) is 2.91. The van der Waals surface area contributed by atoms with Crippen molar-refractivity contribution in [3.8, 4) is 0 Å². The summed E-state index contributed by atoms with van der Waals surface area (Å²) in [6, 6.07) is 12.4. The van der Waals surface area contributed by atoms with Crippen molar-refractivity contribution in [1.82, 2.24) is 9.29 Å². The molecular weight excluding hydrogens is 350 g/mol. The number of rotatable bonds is 5. The quantitative estimate of drug-likeness (QED) is 0.618. The lowest BCUT2D eigenvalue weighted by atomic mass is 10.2. The molecule has 1 saturated heterocycles. The van der Waals surface area contributed by atoms with Crippen LogP contribution in [0.1, 0.15) is 24.8 Å². The predicted octanol–water partition coefficient (Wildman–Crippen LogP) is 2.18. The average Bonchev–Trinajstić information content (AvgIpc) is 2.68. The molecule has 1 aliphatic heterocycles. The molecule has 8 heteroatoms. The minimum Gasteiger partial charge on any atom is -0.370 e. The first kappa shape index (κ1) is 18.3. The van der Waals surface area contributed by atoms with Gasteiger partial charge in [0, 0.05) is 19.3 Å². The standard InChI is InChI=1S/C18H23N5O2S/c19-18(22-17-10-4-5-11-20-17)21-14-15-8-2-3-9-16(15)26(24,25)23-12-6-1-7-13-23/h2-5,8-11H,1,6-7,12-14H2,(H3,19,20,21,22). The van der Waals surface area contributed by atoms with E-state index in [1.165, 1.54) is 0 Å². The number of hydrogen-bond donors (Lipinski definition) is 2. The van der Waals surface area contributed by atoms with Crippen molar-refractivity contribution in [1.29, 1.82) is 0 Å². The van der Waals surface area contributed by atoms with Crippen molar-refractivity contribution in [3.63, 3.8) is 0 Å². The molecule has 0 spiro atoms. The number of pyridine rings is 1. The maximum Gasteiger partial charge on any atom is 0.243 e. The molecule has 2 heterocycles. The molecule has 0 aliphatic carbocycles. The third kappa shape index (κ3) is 4.39.